The van der Waals surface area contributed by atoms with E-state index in [0.717, 1.165) is 11.2 Å². The lowest BCUT2D eigenvalue weighted by Gasteiger charge is -2.38. The molecule has 0 amide bonds. The predicted octanol–water partition coefficient (Wildman–Crippen LogP) is 1.84. The molecule has 2 aromatic rings. The molecule has 13 heteroatoms. The highest BCUT2D eigenvalue weighted by Gasteiger charge is 2.40. The van der Waals surface area contributed by atoms with Gasteiger partial charge >= 0.3 is 12.1 Å². The van der Waals surface area contributed by atoms with E-state index >= 15 is 0 Å². The van der Waals surface area contributed by atoms with Crippen molar-refractivity contribution in [3.05, 3.63) is 46.5 Å². The van der Waals surface area contributed by atoms with Crippen molar-refractivity contribution in [2.45, 2.75) is 13.1 Å². The summed E-state index contributed by atoms with van der Waals surface area (Å²) in [4.78, 5) is 30.5. The SMILES string of the molecule is CCOC(=O)CN(N)/N=C(\N)c1cnc(N2CC(C(=O)c3ccccc3C(F)(F)F)C2)s1. The van der Waals surface area contributed by atoms with Gasteiger partial charge in [0.25, 0.3) is 0 Å². The molecule has 0 unspecified atom stereocenters. The minimum absolute atomic E-state index is 0.0350. The van der Waals surface area contributed by atoms with Crippen LogP contribution < -0.4 is 16.5 Å². The molecule has 1 aliphatic heterocycles. The molecule has 1 fully saturated rings. The Morgan fingerprint density at radius 3 is 2.69 bits per heavy atom. The number of hydrazine groups is 1. The summed E-state index contributed by atoms with van der Waals surface area (Å²) in [7, 11) is 0. The number of carbonyl (C=O) groups is 2. The lowest BCUT2D eigenvalue weighted by Crippen LogP contribution is -2.50. The van der Waals surface area contributed by atoms with Crippen LogP contribution in [0.15, 0.2) is 35.6 Å². The van der Waals surface area contributed by atoms with Crippen LogP contribution in [0.1, 0.15) is 27.7 Å². The Hall–Kier alpha value is -3.19. The highest BCUT2D eigenvalue weighted by atomic mass is 32.1. The van der Waals surface area contributed by atoms with Crippen LogP contribution in [0.2, 0.25) is 0 Å². The molecule has 4 N–H and O–H groups in total. The van der Waals surface area contributed by atoms with Crippen LogP contribution in [-0.2, 0) is 15.7 Å². The van der Waals surface area contributed by atoms with Gasteiger partial charge in [-0.3, -0.25) is 4.79 Å². The zero-order chi connectivity index (χ0) is 23.5. The maximum Gasteiger partial charge on any atom is 0.417 e. The molecule has 0 atom stereocenters. The summed E-state index contributed by atoms with van der Waals surface area (Å²) in [6.45, 7) is 2.07. The smallest absolute Gasteiger partial charge is 0.417 e. The number of benzene rings is 1. The zero-order valence-corrected chi connectivity index (χ0v) is 17.8. The van der Waals surface area contributed by atoms with Crippen LogP contribution in [0, 0.1) is 5.92 Å². The summed E-state index contributed by atoms with van der Waals surface area (Å²) in [6, 6.07) is 4.77. The van der Waals surface area contributed by atoms with Gasteiger partial charge in [-0.2, -0.15) is 13.2 Å². The number of thiazole rings is 1. The molecule has 1 aromatic heterocycles. The van der Waals surface area contributed by atoms with Crippen molar-refractivity contribution in [1.29, 1.82) is 0 Å². The van der Waals surface area contributed by atoms with Gasteiger partial charge in [-0.05, 0) is 13.0 Å². The van der Waals surface area contributed by atoms with Crippen LogP contribution in [0.4, 0.5) is 18.3 Å². The maximum atomic E-state index is 13.2. The van der Waals surface area contributed by atoms with Crippen molar-refractivity contribution in [2.75, 3.05) is 31.1 Å². The van der Waals surface area contributed by atoms with Crippen molar-refractivity contribution in [2.24, 2.45) is 22.6 Å². The maximum absolute atomic E-state index is 13.2. The van der Waals surface area contributed by atoms with E-state index in [-0.39, 0.29) is 37.6 Å². The number of esters is 1. The molecule has 0 saturated carbocycles. The van der Waals surface area contributed by atoms with Gasteiger partial charge in [0.05, 0.1) is 29.2 Å². The molecule has 0 radical (unpaired) electrons. The van der Waals surface area contributed by atoms with E-state index in [9.17, 15) is 22.8 Å². The fourth-order valence-corrected chi connectivity index (χ4v) is 3.89. The highest BCUT2D eigenvalue weighted by Crippen LogP contribution is 2.35. The molecule has 1 aromatic carbocycles. The molecule has 0 bridgehead atoms. The number of hydrogen-bond acceptors (Lipinski definition) is 9. The summed E-state index contributed by atoms with van der Waals surface area (Å²) in [6.07, 6.45) is -3.13. The second kappa shape index (κ2) is 9.53. The number of nitrogens with zero attached hydrogens (tertiary/aromatic N) is 4. The number of nitrogens with two attached hydrogens (primary N) is 2. The number of alkyl halides is 3. The molecule has 9 nitrogen and oxygen atoms in total. The van der Waals surface area contributed by atoms with Crippen molar-refractivity contribution < 1.29 is 27.5 Å². The molecule has 2 heterocycles. The number of ether oxygens (including phenoxy) is 1. The number of anilines is 1. The van der Waals surface area contributed by atoms with E-state index in [1.807, 2.05) is 0 Å². The number of Topliss-reactive ketones (excluding diaryl/α,β-unsaturated/α-hetero) is 1. The van der Waals surface area contributed by atoms with Crippen molar-refractivity contribution in [3.63, 3.8) is 0 Å². The van der Waals surface area contributed by atoms with Crippen LogP contribution in [0.25, 0.3) is 0 Å². The number of amidine groups is 1. The number of hydrazone groups is 1. The number of ketones is 1. The summed E-state index contributed by atoms with van der Waals surface area (Å²) >= 11 is 1.18. The summed E-state index contributed by atoms with van der Waals surface area (Å²) in [5.41, 5.74) is 4.63. The molecule has 0 spiro atoms. The standard InChI is InChI=1S/C19H21F3N6O3S/c1-2-31-15(29)10-28(24)26-17(23)14-7-25-18(32-14)27-8-11(9-27)16(30)12-5-3-4-6-13(12)19(20,21)22/h3-7,11H,2,8-10,24H2,1H3,(H2,23,26). The molecule has 0 aliphatic carbocycles. The second-order valence-electron chi connectivity index (χ2n) is 6.90. The van der Waals surface area contributed by atoms with Gasteiger partial charge in [-0.15, -0.1) is 5.10 Å². The molecule has 1 saturated heterocycles. The van der Waals surface area contributed by atoms with Crippen LogP contribution >= 0.6 is 11.3 Å². The summed E-state index contributed by atoms with van der Waals surface area (Å²) in [5, 5.41) is 5.29. The lowest BCUT2D eigenvalue weighted by atomic mass is 9.89. The Morgan fingerprint density at radius 2 is 2.03 bits per heavy atom. The van der Waals surface area contributed by atoms with Crippen molar-refractivity contribution in [3.8, 4) is 0 Å². The van der Waals surface area contributed by atoms with Gasteiger partial charge < -0.3 is 15.4 Å². The third-order valence-electron chi connectivity index (χ3n) is 4.60. The fraction of sp³-hybridized carbons (Fsp3) is 0.368. The fourth-order valence-electron chi connectivity index (χ4n) is 3.06. The van der Waals surface area contributed by atoms with Gasteiger partial charge in [-0.25, -0.2) is 20.7 Å². The molecular weight excluding hydrogens is 449 g/mol. The van der Waals surface area contributed by atoms with E-state index in [1.54, 1.807) is 11.8 Å². The Bertz CT molecular complexity index is 1020. The van der Waals surface area contributed by atoms with E-state index in [0.29, 0.717) is 10.0 Å². The van der Waals surface area contributed by atoms with Gasteiger partial charge in [0.15, 0.2) is 23.3 Å². The number of rotatable bonds is 8. The number of hydrogen-bond donors (Lipinski definition) is 2. The van der Waals surface area contributed by atoms with Gasteiger partial charge in [0, 0.05) is 18.7 Å². The number of aromatic nitrogens is 1. The Labute approximate surface area is 185 Å². The molecular formula is C19H21F3N6O3S. The Kier molecular flexibility index (Phi) is 6.99. The first-order chi connectivity index (χ1) is 15.1. The summed E-state index contributed by atoms with van der Waals surface area (Å²) < 4.78 is 44.3. The third kappa shape index (κ3) is 5.34. The normalized spacial score (nSPS) is 14.8. The second-order valence-corrected chi connectivity index (χ2v) is 7.91. The average Bonchev–Trinajstić information content (AvgIpc) is 3.16. The topological polar surface area (TPSA) is 127 Å². The number of halogens is 3. The zero-order valence-electron chi connectivity index (χ0n) is 17.0. The Morgan fingerprint density at radius 1 is 1.34 bits per heavy atom. The van der Waals surface area contributed by atoms with Crippen molar-refractivity contribution in [1.82, 2.24) is 10.1 Å². The first-order valence-corrected chi connectivity index (χ1v) is 10.3. The van der Waals surface area contributed by atoms with Gasteiger partial charge in [0.2, 0.25) is 0 Å². The average molecular weight is 470 g/mol. The first kappa shape index (κ1) is 23.5. The first-order valence-electron chi connectivity index (χ1n) is 9.53. The highest BCUT2D eigenvalue weighted by molar-refractivity contribution is 7.17. The van der Waals surface area contributed by atoms with Crippen LogP contribution in [0.3, 0.4) is 0 Å². The van der Waals surface area contributed by atoms with E-state index in [1.165, 1.54) is 35.7 Å². The van der Waals surface area contributed by atoms with Crippen LogP contribution in [0.5, 0.6) is 0 Å². The van der Waals surface area contributed by atoms with E-state index in [2.05, 4.69) is 10.1 Å². The molecule has 172 valence electrons. The van der Waals surface area contributed by atoms with E-state index < -0.39 is 29.4 Å². The predicted molar refractivity (Wildman–Crippen MR) is 112 cm³/mol. The summed E-state index contributed by atoms with van der Waals surface area (Å²) in [5.74, 6) is 3.98. The monoisotopic (exact) mass is 470 g/mol. The quantitative estimate of drug-likeness (QED) is 0.149. The Balaban J connectivity index is 1.61. The van der Waals surface area contributed by atoms with Crippen LogP contribution in [-0.4, -0.2) is 53.9 Å². The lowest BCUT2D eigenvalue weighted by molar-refractivity contribution is -0.144. The largest absolute Gasteiger partial charge is 0.465 e. The van der Waals surface area contributed by atoms with Gasteiger partial charge in [-0.1, -0.05) is 29.5 Å². The minimum atomic E-state index is -4.60. The minimum Gasteiger partial charge on any atom is -0.465 e. The molecule has 3 rings (SSSR count). The van der Waals surface area contributed by atoms with E-state index in [4.69, 9.17) is 16.3 Å². The van der Waals surface area contributed by atoms with Gasteiger partial charge in [0.1, 0.15) is 0 Å². The van der Waals surface area contributed by atoms with Crippen molar-refractivity contribution >= 4 is 34.1 Å². The third-order valence-corrected chi connectivity index (χ3v) is 5.68. The molecule has 32 heavy (non-hydrogen) atoms. The number of carbonyl (C=O) groups excluding carboxylic acids is 2. The molecule has 1 aliphatic rings.